The number of hydrogen-bond acceptors (Lipinski definition) is 4. The minimum atomic E-state index is 0.0361. The number of ether oxygens (including phenoxy) is 2. The number of carbonyl (C=O) groups excluding carboxylic acids is 1. The first kappa shape index (κ1) is 15.9. The normalized spacial score (nSPS) is 31.6. The number of para-hydroxylation sites is 1. The number of fused-ring (bicyclic) bond motifs is 1. The zero-order valence-electron chi connectivity index (χ0n) is 14.2. The molecule has 1 aromatic carbocycles. The SMILES string of the molecule is COC[C@@H]1[C@H](NC(=O)c2ccccc2N2CCCC2)[C@@H]2CCO[C@H]12. The van der Waals surface area contributed by atoms with Gasteiger partial charge in [-0.25, -0.2) is 0 Å². The van der Waals surface area contributed by atoms with E-state index in [1.165, 1.54) is 12.8 Å². The van der Waals surface area contributed by atoms with Crippen LogP contribution in [-0.4, -0.2) is 51.5 Å². The average Bonchev–Trinajstić information content (AvgIpc) is 3.27. The summed E-state index contributed by atoms with van der Waals surface area (Å²) in [4.78, 5) is 15.3. The molecule has 0 radical (unpaired) electrons. The average molecular weight is 330 g/mol. The second kappa shape index (κ2) is 6.73. The Morgan fingerprint density at radius 2 is 2.12 bits per heavy atom. The fraction of sp³-hybridized carbons (Fsp3) is 0.632. The first-order chi connectivity index (χ1) is 11.8. The fourth-order valence-corrected chi connectivity index (χ4v) is 4.56. The van der Waals surface area contributed by atoms with Gasteiger partial charge in [-0.15, -0.1) is 0 Å². The van der Waals surface area contributed by atoms with Gasteiger partial charge in [-0.2, -0.15) is 0 Å². The van der Waals surface area contributed by atoms with Gasteiger partial charge in [0.15, 0.2) is 0 Å². The number of methoxy groups -OCH3 is 1. The number of nitrogens with one attached hydrogen (secondary N) is 1. The number of nitrogens with zero attached hydrogens (tertiary/aromatic N) is 1. The van der Waals surface area contributed by atoms with Gasteiger partial charge in [0.05, 0.1) is 18.3 Å². The molecule has 1 N–H and O–H groups in total. The predicted molar refractivity (Wildman–Crippen MR) is 92.4 cm³/mol. The molecule has 0 spiro atoms. The number of anilines is 1. The van der Waals surface area contributed by atoms with Crippen molar-refractivity contribution in [1.29, 1.82) is 0 Å². The first-order valence-electron chi connectivity index (χ1n) is 9.05. The minimum Gasteiger partial charge on any atom is -0.384 e. The summed E-state index contributed by atoms with van der Waals surface area (Å²) < 4.78 is 11.1. The van der Waals surface area contributed by atoms with E-state index in [4.69, 9.17) is 9.47 Å². The van der Waals surface area contributed by atoms with Gasteiger partial charge in [-0.05, 0) is 31.4 Å². The second-order valence-electron chi connectivity index (χ2n) is 7.12. The zero-order valence-corrected chi connectivity index (χ0v) is 14.2. The van der Waals surface area contributed by atoms with Crippen LogP contribution in [0.15, 0.2) is 24.3 Å². The van der Waals surface area contributed by atoms with Crippen LogP contribution in [-0.2, 0) is 9.47 Å². The Balaban J connectivity index is 1.50. The van der Waals surface area contributed by atoms with Gasteiger partial charge in [0.1, 0.15) is 0 Å². The van der Waals surface area contributed by atoms with E-state index in [0.29, 0.717) is 12.5 Å². The van der Waals surface area contributed by atoms with Crippen LogP contribution in [0.1, 0.15) is 29.6 Å². The number of carbonyl (C=O) groups is 1. The van der Waals surface area contributed by atoms with Crippen molar-refractivity contribution in [1.82, 2.24) is 5.32 Å². The van der Waals surface area contributed by atoms with Crippen LogP contribution in [0.4, 0.5) is 5.69 Å². The molecule has 5 nitrogen and oxygen atoms in total. The molecule has 4 atom stereocenters. The van der Waals surface area contributed by atoms with Crippen LogP contribution in [0, 0.1) is 11.8 Å². The lowest BCUT2D eigenvalue weighted by Gasteiger charge is -2.47. The highest BCUT2D eigenvalue weighted by atomic mass is 16.5. The molecule has 0 bridgehead atoms. The van der Waals surface area contributed by atoms with E-state index in [0.717, 1.165) is 37.4 Å². The quantitative estimate of drug-likeness (QED) is 0.898. The highest BCUT2D eigenvalue weighted by Crippen LogP contribution is 2.44. The molecule has 4 rings (SSSR count). The Morgan fingerprint density at radius 3 is 2.92 bits per heavy atom. The van der Waals surface area contributed by atoms with Crippen molar-refractivity contribution in [3.05, 3.63) is 29.8 Å². The van der Waals surface area contributed by atoms with Gasteiger partial charge in [0.2, 0.25) is 0 Å². The summed E-state index contributed by atoms with van der Waals surface area (Å²) in [6.45, 7) is 3.52. The standard InChI is InChI=1S/C19H26N2O3/c1-23-12-15-17(14-8-11-24-18(14)15)20-19(22)13-6-2-3-7-16(13)21-9-4-5-10-21/h2-3,6-7,14-15,17-18H,4-5,8-12H2,1H3,(H,20,22)/t14-,15+,17+,18-/m0/s1. The lowest BCUT2D eigenvalue weighted by Crippen LogP contribution is -2.62. The fourth-order valence-electron chi connectivity index (χ4n) is 4.56. The van der Waals surface area contributed by atoms with Crippen LogP contribution in [0.25, 0.3) is 0 Å². The maximum atomic E-state index is 12.9. The summed E-state index contributed by atoms with van der Waals surface area (Å²) in [5, 5.41) is 3.28. The summed E-state index contributed by atoms with van der Waals surface area (Å²) in [6.07, 6.45) is 3.69. The topological polar surface area (TPSA) is 50.8 Å². The van der Waals surface area contributed by atoms with Gasteiger partial charge in [-0.1, -0.05) is 12.1 Å². The summed E-state index contributed by atoms with van der Waals surface area (Å²) in [7, 11) is 1.71. The van der Waals surface area contributed by atoms with E-state index >= 15 is 0 Å². The largest absolute Gasteiger partial charge is 0.384 e. The van der Waals surface area contributed by atoms with Crippen LogP contribution >= 0.6 is 0 Å². The minimum absolute atomic E-state index is 0.0361. The van der Waals surface area contributed by atoms with Crippen LogP contribution in [0.5, 0.6) is 0 Å². The van der Waals surface area contributed by atoms with Crippen LogP contribution < -0.4 is 10.2 Å². The molecule has 1 amide bonds. The van der Waals surface area contributed by atoms with Crippen molar-refractivity contribution >= 4 is 11.6 Å². The molecular formula is C19H26N2O3. The predicted octanol–water partition coefficient (Wildman–Crippen LogP) is 2.07. The third kappa shape index (κ3) is 2.70. The molecule has 0 aromatic heterocycles. The molecule has 2 heterocycles. The lowest BCUT2D eigenvalue weighted by atomic mass is 9.67. The third-order valence-electron chi connectivity index (χ3n) is 5.78. The Bertz CT molecular complexity index is 600. The summed E-state index contributed by atoms with van der Waals surface area (Å²) in [5.41, 5.74) is 1.85. The Hall–Kier alpha value is -1.59. The van der Waals surface area contributed by atoms with Crippen LogP contribution in [0.3, 0.4) is 0 Å². The van der Waals surface area contributed by atoms with Gasteiger partial charge < -0.3 is 19.7 Å². The molecular weight excluding hydrogens is 304 g/mol. The van der Waals surface area contributed by atoms with Crippen molar-refractivity contribution in [2.24, 2.45) is 11.8 Å². The smallest absolute Gasteiger partial charge is 0.253 e. The Kier molecular flexibility index (Phi) is 4.46. The highest BCUT2D eigenvalue weighted by Gasteiger charge is 2.54. The van der Waals surface area contributed by atoms with Crippen LogP contribution in [0.2, 0.25) is 0 Å². The first-order valence-corrected chi connectivity index (χ1v) is 9.05. The van der Waals surface area contributed by atoms with Crippen molar-refractivity contribution in [2.45, 2.75) is 31.4 Å². The maximum Gasteiger partial charge on any atom is 0.253 e. The summed E-state index contributed by atoms with van der Waals surface area (Å²) in [6, 6.07) is 8.13. The number of amides is 1. The van der Waals surface area contributed by atoms with E-state index in [1.54, 1.807) is 7.11 Å². The lowest BCUT2D eigenvalue weighted by molar-refractivity contribution is -0.0809. The molecule has 3 fully saturated rings. The van der Waals surface area contributed by atoms with Crippen molar-refractivity contribution in [3.63, 3.8) is 0 Å². The molecule has 0 unspecified atom stereocenters. The Morgan fingerprint density at radius 1 is 1.33 bits per heavy atom. The van der Waals surface area contributed by atoms with Gasteiger partial charge in [0.25, 0.3) is 5.91 Å². The van der Waals surface area contributed by atoms with Gasteiger partial charge >= 0.3 is 0 Å². The van der Waals surface area contributed by atoms with Crippen molar-refractivity contribution in [3.8, 4) is 0 Å². The molecule has 2 aliphatic heterocycles. The summed E-state index contributed by atoms with van der Waals surface area (Å²) >= 11 is 0. The van der Waals surface area contributed by atoms with E-state index in [1.807, 2.05) is 18.2 Å². The Labute approximate surface area is 143 Å². The molecule has 1 aromatic rings. The molecule has 5 heteroatoms. The number of benzene rings is 1. The third-order valence-corrected chi connectivity index (χ3v) is 5.78. The van der Waals surface area contributed by atoms with Crippen molar-refractivity contribution < 1.29 is 14.3 Å². The highest BCUT2D eigenvalue weighted by molar-refractivity contribution is 6.00. The molecule has 24 heavy (non-hydrogen) atoms. The molecule has 130 valence electrons. The van der Waals surface area contributed by atoms with Gasteiger partial charge in [-0.3, -0.25) is 4.79 Å². The molecule has 1 aliphatic carbocycles. The number of hydrogen-bond donors (Lipinski definition) is 1. The molecule has 3 aliphatic rings. The molecule has 2 saturated heterocycles. The summed E-state index contributed by atoms with van der Waals surface area (Å²) in [5.74, 6) is 0.743. The van der Waals surface area contributed by atoms with E-state index in [9.17, 15) is 4.79 Å². The van der Waals surface area contributed by atoms with Gasteiger partial charge in [0, 0.05) is 50.4 Å². The maximum absolute atomic E-state index is 12.9. The molecule has 1 saturated carbocycles. The second-order valence-corrected chi connectivity index (χ2v) is 7.12. The number of rotatable bonds is 5. The van der Waals surface area contributed by atoms with E-state index in [-0.39, 0.29) is 24.0 Å². The zero-order chi connectivity index (χ0) is 16.5. The van der Waals surface area contributed by atoms with E-state index < -0.39 is 0 Å². The van der Waals surface area contributed by atoms with E-state index in [2.05, 4.69) is 16.3 Å². The monoisotopic (exact) mass is 330 g/mol. The van der Waals surface area contributed by atoms with Crippen molar-refractivity contribution in [2.75, 3.05) is 38.3 Å².